The Hall–Kier alpha value is -2.44. The van der Waals surface area contributed by atoms with E-state index in [0.717, 1.165) is 0 Å². The number of carbonyl (C=O) groups is 1. The highest BCUT2D eigenvalue weighted by Gasteiger charge is 2.28. The van der Waals surface area contributed by atoms with Crippen LogP contribution in [0.2, 0.25) is 0 Å². The first-order chi connectivity index (χ1) is 10.9. The lowest BCUT2D eigenvalue weighted by Gasteiger charge is -2.31. The van der Waals surface area contributed by atoms with Crippen molar-refractivity contribution in [2.24, 2.45) is 7.05 Å². The molecular formula is C16H23N5O2. The Balaban J connectivity index is 2.65. The molecule has 0 fully saturated rings. The lowest BCUT2D eigenvalue weighted by molar-refractivity contribution is 0.0641. The van der Waals surface area contributed by atoms with Gasteiger partial charge in [-0.2, -0.15) is 0 Å². The van der Waals surface area contributed by atoms with Gasteiger partial charge in [0.1, 0.15) is 5.75 Å². The molecule has 0 unspecified atom stereocenters. The molecule has 0 aliphatic carbocycles. The summed E-state index contributed by atoms with van der Waals surface area (Å²) in [4.78, 5) is 15.0. The molecule has 2 rings (SSSR count). The van der Waals surface area contributed by atoms with Gasteiger partial charge in [-0.3, -0.25) is 4.79 Å². The molecule has 0 radical (unpaired) electrons. The molecule has 0 atom stereocenters. The summed E-state index contributed by atoms with van der Waals surface area (Å²) in [5.74, 6) is 0.951. The van der Waals surface area contributed by atoms with Crippen molar-refractivity contribution in [1.82, 2.24) is 25.1 Å². The summed E-state index contributed by atoms with van der Waals surface area (Å²) in [6, 6.07) is 5.57. The number of amides is 1. The lowest BCUT2D eigenvalue weighted by atomic mass is 10.0. The number of tetrazole rings is 1. The predicted octanol–water partition coefficient (Wildman–Crippen LogP) is 2.14. The summed E-state index contributed by atoms with van der Waals surface area (Å²) >= 11 is 0. The van der Waals surface area contributed by atoms with Gasteiger partial charge in [-0.15, -0.1) is 5.10 Å². The third-order valence-corrected chi connectivity index (χ3v) is 3.67. The van der Waals surface area contributed by atoms with Crippen LogP contribution in [0.5, 0.6) is 5.75 Å². The van der Waals surface area contributed by atoms with Crippen LogP contribution in [0.1, 0.15) is 38.1 Å². The highest BCUT2D eigenvalue weighted by atomic mass is 16.5. The average Bonchev–Trinajstić information content (AvgIpc) is 2.91. The minimum Gasteiger partial charge on any atom is -0.496 e. The number of hydrogen-bond donors (Lipinski definition) is 0. The Morgan fingerprint density at radius 3 is 2.35 bits per heavy atom. The summed E-state index contributed by atoms with van der Waals surface area (Å²) in [6.45, 7) is 7.99. The molecule has 0 aliphatic rings. The summed E-state index contributed by atoms with van der Waals surface area (Å²) in [7, 11) is 3.30. The van der Waals surface area contributed by atoms with Crippen molar-refractivity contribution in [1.29, 1.82) is 0 Å². The topological polar surface area (TPSA) is 73.1 Å². The molecule has 0 saturated heterocycles. The second kappa shape index (κ2) is 6.76. The summed E-state index contributed by atoms with van der Waals surface area (Å²) in [5, 5.41) is 11.5. The van der Waals surface area contributed by atoms with E-state index in [1.165, 1.54) is 0 Å². The third-order valence-electron chi connectivity index (χ3n) is 3.67. The minimum atomic E-state index is -0.0922. The molecule has 0 aliphatic heterocycles. The van der Waals surface area contributed by atoms with Crippen LogP contribution >= 0.6 is 0 Å². The van der Waals surface area contributed by atoms with Gasteiger partial charge in [0.15, 0.2) is 5.82 Å². The van der Waals surface area contributed by atoms with Crippen LogP contribution in [0.3, 0.4) is 0 Å². The molecule has 1 aromatic carbocycles. The SMILES string of the molecule is COc1cccc(-c2nnnn2C)c1C(=O)N(C(C)C)C(C)C. The van der Waals surface area contributed by atoms with E-state index in [4.69, 9.17) is 4.74 Å². The van der Waals surface area contributed by atoms with Gasteiger partial charge in [0.2, 0.25) is 0 Å². The Morgan fingerprint density at radius 1 is 1.22 bits per heavy atom. The number of rotatable bonds is 5. The lowest BCUT2D eigenvalue weighted by Crippen LogP contribution is -2.42. The molecule has 2 aromatic rings. The fourth-order valence-electron chi connectivity index (χ4n) is 2.76. The van der Waals surface area contributed by atoms with Crippen molar-refractivity contribution >= 4 is 5.91 Å². The molecule has 23 heavy (non-hydrogen) atoms. The van der Waals surface area contributed by atoms with Gasteiger partial charge in [-0.1, -0.05) is 12.1 Å². The van der Waals surface area contributed by atoms with Gasteiger partial charge < -0.3 is 9.64 Å². The Morgan fingerprint density at radius 2 is 1.87 bits per heavy atom. The second-order valence-corrected chi connectivity index (χ2v) is 5.91. The van der Waals surface area contributed by atoms with Gasteiger partial charge in [0.25, 0.3) is 5.91 Å². The number of aryl methyl sites for hydroxylation is 1. The van der Waals surface area contributed by atoms with E-state index in [-0.39, 0.29) is 18.0 Å². The molecule has 7 heteroatoms. The molecule has 124 valence electrons. The van der Waals surface area contributed by atoms with E-state index in [1.54, 1.807) is 24.9 Å². The summed E-state index contributed by atoms with van der Waals surface area (Å²) < 4.78 is 6.97. The smallest absolute Gasteiger partial charge is 0.258 e. The second-order valence-electron chi connectivity index (χ2n) is 5.91. The molecule has 0 bridgehead atoms. The molecule has 1 heterocycles. The summed E-state index contributed by atoms with van der Waals surface area (Å²) in [5.41, 5.74) is 1.14. The quantitative estimate of drug-likeness (QED) is 0.845. The maximum absolute atomic E-state index is 13.2. The van der Waals surface area contributed by atoms with Crippen LogP contribution in [0.25, 0.3) is 11.4 Å². The maximum Gasteiger partial charge on any atom is 0.258 e. The van der Waals surface area contributed by atoms with Gasteiger partial charge >= 0.3 is 0 Å². The zero-order valence-corrected chi connectivity index (χ0v) is 14.4. The van der Waals surface area contributed by atoms with Crippen LogP contribution in [-0.4, -0.2) is 50.2 Å². The Labute approximate surface area is 136 Å². The number of nitrogens with zero attached hydrogens (tertiary/aromatic N) is 5. The van der Waals surface area contributed by atoms with Crippen molar-refractivity contribution in [2.45, 2.75) is 39.8 Å². The van der Waals surface area contributed by atoms with Crippen molar-refractivity contribution in [3.8, 4) is 17.1 Å². The van der Waals surface area contributed by atoms with Gasteiger partial charge in [-0.05, 0) is 44.2 Å². The van der Waals surface area contributed by atoms with Crippen LogP contribution < -0.4 is 4.74 Å². The fraction of sp³-hybridized carbons (Fsp3) is 0.500. The fourth-order valence-corrected chi connectivity index (χ4v) is 2.76. The predicted molar refractivity (Wildman–Crippen MR) is 87.2 cm³/mol. The standard InChI is InChI=1S/C16H23N5O2/c1-10(2)21(11(3)4)16(22)14-12(8-7-9-13(14)23-6)15-17-18-19-20(15)5/h7-11H,1-6H3. The van der Waals surface area contributed by atoms with E-state index in [2.05, 4.69) is 15.5 Å². The molecule has 0 saturated carbocycles. The first-order valence-corrected chi connectivity index (χ1v) is 7.60. The molecular weight excluding hydrogens is 294 g/mol. The number of benzene rings is 1. The number of hydrogen-bond acceptors (Lipinski definition) is 5. The van der Waals surface area contributed by atoms with Crippen molar-refractivity contribution in [2.75, 3.05) is 7.11 Å². The normalized spacial score (nSPS) is 11.1. The number of carbonyl (C=O) groups excluding carboxylic acids is 1. The average molecular weight is 317 g/mol. The van der Waals surface area contributed by atoms with Crippen molar-refractivity contribution in [3.05, 3.63) is 23.8 Å². The molecule has 1 amide bonds. The van der Waals surface area contributed by atoms with Crippen molar-refractivity contribution in [3.63, 3.8) is 0 Å². The first-order valence-electron chi connectivity index (χ1n) is 7.60. The van der Waals surface area contributed by atoms with Crippen LogP contribution in [0.4, 0.5) is 0 Å². The molecule has 7 nitrogen and oxygen atoms in total. The van der Waals surface area contributed by atoms with Gasteiger partial charge in [0, 0.05) is 24.7 Å². The van der Waals surface area contributed by atoms with Gasteiger partial charge in [0.05, 0.1) is 12.7 Å². The Bertz CT molecular complexity index is 686. The first kappa shape index (κ1) is 16.9. The molecule has 0 spiro atoms. The third kappa shape index (κ3) is 3.18. The van der Waals surface area contributed by atoms with Crippen LogP contribution in [0, 0.1) is 0 Å². The highest BCUT2D eigenvalue weighted by Crippen LogP contribution is 2.31. The maximum atomic E-state index is 13.2. The zero-order valence-electron chi connectivity index (χ0n) is 14.4. The van der Waals surface area contributed by atoms with E-state index < -0.39 is 0 Å². The molecule has 0 N–H and O–H groups in total. The largest absolute Gasteiger partial charge is 0.496 e. The highest BCUT2D eigenvalue weighted by molar-refractivity contribution is 6.03. The number of methoxy groups -OCH3 is 1. The number of aromatic nitrogens is 4. The van der Waals surface area contributed by atoms with Crippen LogP contribution in [-0.2, 0) is 7.05 Å². The van der Waals surface area contributed by atoms with E-state index >= 15 is 0 Å². The van der Waals surface area contributed by atoms with E-state index in [9.17, 15) is 4.79 Å². The minimum absolute atomic E-state index is 0.0675. The number of ether oxygens (including phenoxy) is 1. The van der Waals surface area contributed by atoms with E-state index in [0.29, 0.717) is 22.7 Å². The molecule has 1 aromatic heterocycles. The van der Waals surface area contributed by atoms with Crippen LogP contribution in [0.15, 0.2) is 18.2 Å². The summed E-state index contributed by atoms with van der Waals surface area (Å²) in [6.07, 6.45) is 0. The van der Waals surface area contributed by atoms with E-state index in [1.807, 2.05) is 44.7 Å². The van der Waals surface area contributed by atoms with Gasteiger partial charge in [-0.25, -0.2) is 4.68 Å². The monoisotopic (exact) mass is 317 g/mol. The zero-order chi connectivity index (χ0) is 17.1. The van der Waals surface area contributed by atoms with Crippen molar-refractivity contribution < 1.29 is 9.53 Å². The Kier molecular flexibility index (Phi) is 4.98.